The van der Waals surface area contributed by atoms with Gasteiger partial charge in [-0.25, -0.2) is 0 Å². The summed E-state index contributed by atoms with van der Waals surface area (Å²) in [7, 11) is 0. The Kier molecular flexibility index (Phi) is 5.46. The van der Waals surface area contributed by atoms with E-state index in [4.69, 9.17) is 0 Å². The van der Waals surface area contributed by atoms with E-state index >= 15 is 0 Å². The number of Topliss-reactive ketones (excluding diaryl/α,β-unsaturated/α-hetero) is 1. The maximum atomic E-state index is 13.4. The lowest BCUT2D eigenvalue weighted by Gasteiger charge is -2.26. The first kappa shape index (κ1) is 21.0. The first-order valence-electron chi connectivity index (χ1n) is 11.3. The smallest absolute Gasteiger partial charge is 0.267 e. The van der Waals surface area contributed by atoms with E-state index in [0.717, 1.165) is 47.1 Å². The Balaban J connectivity index is 1.37. The molecule has 7 heteroatoms. The van der Waals surface area contributed by atoms with Gasteiger partial charge < -0.3 is 15.2 Å². The fourth-order valence-electron chi connectivity index (χ4n) is 4.53. The second kappa shape index (κ2) is 8.58. The maximum absolute atomic E-state index is 13.4. The van der Waals surface area contributed by atoms with Gasteiger partial charge in [-0.1, -0.05) is 30.3 Å². The number of carbonyl (C=O) groups excluding carboxylic acids is 2. The van der Waals surface area contributed by atoms with Crippen LogP contribution in [0.3, 0.4) is 0 Å². The van der Waals surface area contributed by atoms with Crippen LogP contribution in [0.4, 0.5) is 5.69 Å². The van der Waals surface area contributed by atoms with Crippen molar-refractivity contribution in [2.75, 3.05) is 11.4 Å². The fraction of sp³-hybridized carbons (Fsp3) is 0.269. The SMILES string of the molecule is CC(C)NC(=O)c1cc2ccc(N3CCCC3C(=O)c3ccc(-c4cn[nH]c4)cc3)cc2[nH]1. The van der Waals surface area contributed by atoms with E-state index in [1.54, 1.807) is 6.20 Å². The lowest BCUT2D eigenvalue weighted by Crippen LogP contribution is -2.36. The number of benzene rings is 2. The fourth-order valence-corrected chi connectivity index (χ4v) is 4.53. The number of carbonyl (C=O) groups is 2. The van der Waals surface area contributed by atoms with Gasteiger partial charge in [-0.2, -0.15) is 5.10 Å². The van der Waals surface area contributed by atoms with E-state index in [9.17, 15) is 9.59 Å². The molecule has 1 atom stereocenters. The topological polar surface area (TPSA) is 93.9 Å². The maximum Gasteiger partial charge on any atom is 0.267 e. The summed E-state index contributed by atoms with van der Waals surface area (Å²) >= 11 is 0. The van der Waals surface area contributed by atoms with Gasteiger partial charge in [-0.3, -0.25) is 14.7 Å². The van der Waals surface area contributed by atoms with Crippen LogP contribution in [-0.4, -0.2) is 45.5 Å². The van der Waals surface area contributed by atoms with Crippen LogP contribution in [0.15, 0.2) is 60.9 Å². The van der Waals surface area contributed by atoms with Crippen LogP contribution >= 0.6 is 0 Å². The van der Waals surface area contributed by atoms with Gasteiger partial charge in [-0.05, 0) is 50.5 Å². The molecule has 1 unspecified atom stereocenters. The number of hydrogen-bond donors (Lipinski definition) is 3. The molecule has 0 radical (unpaired) electrons. The zero-order valence-corrected chi connectivity index (χ0v) is 18.8. The molecule has 1 amide bonds. The molecule has 0 saturated carbocycles. The van der Waals surface area contributed by atoms with E-state index in [0.29, 0.717) is 11.3 Å². The van der Waals surface area contributed by atoms with Crippen LogP contribution in [0.25, 0.3) is 22.0 Å². The molecule has 3 heterocycles. The van der Waals surface area contributed by atoms with Crippen molar-refractivity contribution in [3.05, 3.63) is 72.2 Å². The number of fused-ring (bicyclic) bond motifs is 1. The number of anilines is 1. The van der Waals surface area contributed by atoms with E-state index < -0.39 is 0 Å². The van der Waals surface area contributed by atoms with Crippen LogP contribution in [0, 0.1) is 0 Å². The molecule has 2 aromatic carbocycles. The summed E-state index contributed by atoms with van der Waals surface area (Å²) in [4.78, 5) is 31.1. The van der Waals surface area contributed by atoms with Crippen molar-refractivity contribution in [3.63, 3.8) is 0 Å². The van der Waals surface area contributed by atoms with Gasteiger partial charge in [0, 0.05) is 46.5 Å². The summed E-state index contributed by atoms with van der Waals surface area (Å²) in [6, 6.07) is 15.5. The third-order valence-electron chi connectivity index (χ3n) is 6.16. The average molecular weight is 442 g/mol. The molecule has 3 N–H and O–H groups in total. The van der Waals surface area contributed by atoms with Gasteiger partial charge in [0.05, 0.1) is 12.2 Å². The highest BCUT2D eigenvalue weighted by atomic mass is 16.2. The van der Waals surface area contributed by atoms with Gasteiger partial charge in [-0.15, -0.1) is 0 Å². The van der Waals surface area contributed by atoms with Crippen LogP contribution in [-0.2, 0) is 0 Å². The Morgan fingerprint density at radius 3 is 2.64 bits per heavy atom. The minimum Gasteiger partial charge on any atom is -0.361 e. The molecule has 1 aliphatic rings. The van der Waals surface area contributed by atoms with Gasteiger partial charge in [0.15, 0.2) is 5.78 Å². The van der Waals surface area contributed by atoms with Gasteiger partial charge in [0.25, 0.3) is 5.91 Å². The first-order valence-corrected chi connectivity index (χ1v) is 11.3. The Bertz CT molecular complexity index is 1290. The van der Waals surface area contributed by atoms with Crippen molar-refractivity contribution < 1.29 is 9.59 Å². The molecular weight excluding hydrogens is 414 g/mol. The van der Waals surface area contributed by atoms with Crippen molar-refractivity contribution in [3.8, 4) is 11.1 Å². The summed E-state index contributed by atoms with van der Waals surface area (Å²) in [5.74, 6) is 0.0191. The second-order valence-corrected chi connectivity index (χ2v) is 8.86. The Morgan fingerprint density at radius 2 is 1.91 bits per heavy atom. The molecule has 0 spiro atoms. The average Bonchev–Trinajstić information content (AvgIpc) is 3.58. The Labute approximate surface area is 192 Å². The van der Waals surface area contributed by atoms with Crippen molar-refractivity contribution >= 4 is 28.3 Å². The predicted octanol–water partition coefficient (Wildman–Crippen LogP) is 4.55. The number of amides is 1. The Hall–Kier alpha value is -3.87. The van der Waals surface area contributed by atoms with Gasteiger partial charge >= 0.3 is 0 Å². The van der Waals surface area contributed by atoms with Gasteiger partial charge in [0.1, 0.15) is 5.69 Å². The van der Waals surface area contributed by atoms with E-state index in [1.807, 2.05) is 68.6 Å². The highest BCUT2D eigenvalue weighted by Crippen LogP contribution is 2.31. The monoisotopic (exact) mass is 441 g/mol. The van der Waals surface area contributed by atoms with Crippen LogP contribution in [0.1, 0.15) is 47.5 Å². The molecule has 7 nitrogen and oxygen atoms in total. The molecular formula is C26H27N5O2. The molecule has 2 aromatic heterocycles. The van der Waals surface area contributed by atoms with Crippen LogP contribution < -0.4 is 10.2 Å². The number of rotatable bonds is 6. The number of aromatic nitrogens is 3. The zero-order chi connectivity index (χ0) is 22.9. The van der Waals surface area contributed by atoms with Crippen molar-refractivity contribution in [2.24, 2.45) is 0 Å². The van der Waals surface area contributed by atoms with Crippen LogP contribution in [0.5, 0.6) is 0 Å². The predicted molar refractivity (Wildman–Crippen MR) is 130 cm³/mol. The largest absolute Gasteiger partial charge is 0.361 e. The number of ketones is 1. The molecule has 4 aromatic rings. The summed E-state index contributed by atoms with van der Waals surface area (Å²) in [6.07, 6.45) is 5.40. The number of nitrogens with one attached hydrogen (secondary N) is 3. The standard InChI is InChI=1S/C26H27N5O2/c1-16(2)29-26(33)23-12-19-9-10-21(13-22(19)30-23)31-11-3-4-24(31)25(32)18-7-5-17(6-8-18)20-14-27-28-15-20/h5-10,12-16,24,30H,3-4,11H2,1-2H3,(H,27,28)(H,29,33). The first-order chi connectivity index (χ1) is 16.0. The molecule has 0 bridgehead atoms. The molecule has 1 aliphatic heterocycles. The summed E-state index contributed by atoms with van der Waals surface area (Å²) in [5.41, 5.74) is 5.17. The highest BCUT2D eigenvalue weighted by molar-refractivity contribution is 6.03. The summed E-state index contributed by atoms with van der Waals surface area (Å²) in [6.45, 7) is 4.71. The van der Waals surface area contributed by atoms with Crippen molar-refractivity contribution in [1.29, 1.82) is 0 Å². The molecule has 5 rings (SSSR count). The Morgan fingerprint density at radius 1 is 1.09 bits per heavy atom. The zero-order valence-electron chi connectivity index (χ0n) is 18.8. The van der Waals surface area contributed by atoms with Gasteiger partial charge in [0.2, 0.25) is 0 Å². The third kappa shape index (κ3) is 4.14. The molecule has 0 aliphatic carbocycles. The number of nitrogens with zero attached hydrogens (tertiary/aromatic N) is 2. The van der Waals surface area contributed by atoms with E-state index in [-0.39, 0.29) is 23.8 Å². The minimum atomic E-state index is -0.194. The molecule has 168 valence electrons. The number of H-pyrrole nitrogens is 2. The quantitative estimate of drug-likeness (QED) is 0.383. The number of aromatic amines is 2. The van der Waals surface area contributed by atoms with Crippen molar-refractivity contribution in [2.45, 2.75) is 38.8 Å². The lowest BCUT2D eigenvalue weighted by molar-refractivity contribution is 0.0936. The third-order valence-corrected chi connectivity index (χ3v) is 6.16. The van der Waals surface area contributed by atoms with Crippen molar-refractivity contribution in [1.82, 2.24) is 20.5 Å². The second-order valence-electron chi connectivity index (χ2n) is 8.86. The molecule has 1 saturated heterocycles. The molecule has 1 fully saturated rings. The minimum absolute atomic E-state index is 0.0737. The van der Waals surface area contributed by atoms with Crippen LogP contribution in [0.2, 0.25) is 0 Å². The van der Waals surface area contributed by atoms with E-state index in [2.05, 4.69) is 25.4 Å². The lowest BCUT2D eigenvalue weighted by atomic mass is 9.99. The highest BCUT2D eigenvalue weighted by Gasteiger charge is 2.31. The normalized spacial score (nSPS) is 16.0. The molecule has 33 heavy (non-hydrogen) atoms. The van der Waals surface area contributed by atoms with E-state index in [1.165, 1.54) is 0 Å². The number of hydrogen-bond acceptors (Lipinski definition) is 4. The summed E-state index contributed by atoms with van der Waals surface area (Å²) < 4.78 is 0. The summed E-state index contributed by atoms with van der Waals surface area (Å²) in [5, 5.41) is 10.7.